The Hall–Kier alpha value is -0.530. The molecule has 120 valence electrons. The Labute approximate surface area is 130 Å². The van der Waals surface area contributed by atoms with Gasteiger partial charge >= 0.3 is 5.97 Å². The molecule has 3 fully saturated rings. The zero-order chi connectivity index (χ0) is 15.1. The first-order valence-electron chi connectivity index (χ1n) is 9.09. The van der Waals surface area contributed by atoms with Crippen LogP contribution in [0.15, 0.2) is 0 Å². The minimum Gasteiger partial charge on any atom is -0.469 e. The van der Waals surface area contributed by atoms with E-state index in [-0.39, 0.29) is 5.97 Å². The molecule has 0 aromatic heterocycles. The van der Waals surface area contributed by atoms with Gasteiger partial charge in [-0.05, 0) is 73.5 Å². The quantitative estimate of drug-likeness (QED) is 0.669. The highest BCUT2D eigenvalue weighted by atomic mass is 16.5. The number of ether oxygens (including phenoxy) is 1. The van der Waals surface area contributed by atoms with E-state index in [2.05, 4.69) is 13.8 Å². The van der Waals surface area contributed by atoms with Crippen LogP contribution in [-0.4, -0.2) is 13.1 Å². The lowest BCUT2D eigenvalue weighted by molar-refractivity contribution is -0.140. The zero-order valence-electron chi connectivity index (χ0n) is 14.1. The molecular weight excluding hydrogens is 260 g/mol. The predicted molar refractivity (Wildman–Crippen MR) is 84.9 cm³/mol. The van der Waals surface area contributed by atoms with Crippen molar-refractivity contribution in [1.29, 1.82) is 0 Å². The Morgan fingerprint density at radius 1 is 1.19 bits per heavy atom. The SMILES string of the molecule is COC(=O)CCCC1([C@H]2CC[C@H]3[C@@H](C)CCC[C@]23C)CC1. The second-order valence-electron chi connectivity index (χ2n) is 8.40. The van der Waals surface area contributed by atoms with Crippen LogP contribution in [0.25, 0.3) is 0 Å². The van der Waals surface area contributed by atoms with Crippen LogP contribution < -0.4 is 0 Å². The Kier molecular flexibility index (Phi) is 4.09. The molecule has 0 heterocycles. The van der Waals surface area contributed by atoms with Crippen molar-refractivity contribution in [2.24, 2.45) is 28.6 Å². The van der Waals surface area contributed by atoms with Crippen molar-refractivity contribution in [3.05, 3.63) is 0 Å². The average molecular weight is 292 g/mol. The van der Waals surface area contributed by atoms with E-state index in [1.807, 2.05) is 0 Å². The Bertz CT molecular complexity index is 398. The van der Waals surface area contributed by atoms with Crippen molar-refractivity contribution in [3.63, 3.8) is 0 Å². The van der Waals surface area contributed by atoms with Crippen LogP contribution in [0.4, 0.5) is 0 Å². The number of methoxy groups -OCH3 is 1. The first-order valence-corrected chi connectivity index (χ1v) is 9.09. The molecule has 0 aromatic rings. The molecule has 2 heteroatoms. The smallest absolute Gasteiger partial charge is 0.305 e. The number of hydrogen-bond acceptors (Lipinski definition) is 2. The third-order valence-electron chi connectivity index (χ3n) is 7.39. The van der Waals surface area contributed by atoms with Crippen molar-refractivity contribution >= 4 is 5.97 Å². The summed E-state index contributed by atoms with van der Waals surface area (Å²) in [4.78, 5) is 11.4. The molecule has 0 aromatic carbocycles. The molecule has 3 rings (SSSR count). The fourth-order valence-electron chi connectivity index (χ4n) is 6.19. The van der Waals surface area contributed by atoms with Gasteiger partial charge < -0.3 is 4.74 Å². The van der Waals surface area contributed by atoms with Crippen LogP contribution in [0.1, 0.15) is 78.1 Å². The van der Waals surface area contributed by atoms with Crippen molar-refractivity contribution in [1.82, 2.24) is 0 Å². The second kappa shape index (κ2) is 5.59. The lowest BCUT2D eigenvalue weighted by Gasteiger charge is -2.47. The van der Waals surface area contributed by atoms with Gasteiger partial charge in [0, 0.05) is 6.42 Å². The van der Waals surface area contributed by atoms with E-state index in [1.54, 1.807) is 0 Å². The zero-order valence-corrected chi connectivity index (χ0v) is 14.1. The summed E-state index contributed by atoms with van der Waals surface area (Å²) >= 11 is 0. The molecule has 0 saturated heterocycles. The highest BCUT2D eigenvalue weighted by Crippen LogP contribution is 2.69. The topological polar surface area (TPSA) is 26.3 Å². The van der Waals surface area contributed by atoms with Crippen molar-refractivity contribution < 1.29 is 9.53 Å². The van der Waals surface area contributed by atoms with Gasteiger partial charge in [0.25, 0.3) is 0 Å². The van der Waals surface area contributed by atoms with E-state index in [0.717, 1.165) is 24.2 Å². The van der Waals surface area contributed by atoms with E-state index in [4.69, 9.17) is 4.74 Å². The van der Waals surface area contributed by atoms with E-state index < -0.39 is 0 Å². The molecule has 3 aliphatic carbocycles. The normalized spacial score (nSPS) is 40.6. The molecule has 0 amide bonds. The number of fused-ring (bicyclic) bond motifs is 1. The summed E-state index contributed by atoms with van der Waals surface area (Å²) < 4.78 is 4.79. The summed E-state index contributed by atoms with van der Waals surface area (Å²) in [7, 11) is 1.50. The first-order chi connectivity index (χ1) is 10.0. The summed E-state index contributed by atoms with van der Waals surface area (Å²) in [5, 5.41) is 0. The first kappa shape index (κ1) is 15.4. The number of esters is 1. The Morgan fingerprint density at radius 3 is 2.62 bits per heavy atom. The summed E-state index contributed by atoms with van der Waals surface area (Å²) in [5.41, 5.74) is 1.19. The number of carbonyl (C=O) groups excluding carboxylic acids is 1. The van der Waals surface area contributed by atoms with Gasteiger partial charge in [0.1, 0.15) is 0 Å². The highest BCUT2D eigenvalue weighted by molar-refractivity contribution is 5.69. The molecule has 0 bridgehead atoms. The molecule has 0 unspecified atom stereocenters. The standard InChI is InChI=1S/C19H32O2/c1-14-6-4-10-18(2)15(14)8-9-16(18)19(12-13-19)11-5-7-17(20)21-3/h14-16H,4-13H2,1-3H3/t14-,15-,16-,18-/m0/s1. The molecule has 2 nitrogen and oxygen atoms in total. The van der Waals surface area contributed by atoms with Gasteiger partial charge in [-0.25, -0.2) is 0 Å². The molecular formula is C19H32O2. The van der Waals surface area contributed by atoms with E-state index in [0.29, 0.717) is 17.3 Å². The third kappa shape index (κ3) is 2.64. The molecule has 3 aliphatic rings. The summed E-state index contributed by atoms with van der Waals surface area (Å²) in [5.74, 6) is 2.79. The molecule has 0 radical (unpaired) electrons. The van der Waals surface area contributed by atoms with E-state index in [1.165, 1.54) is 58.5 Å². The van der Waals surface area contributed by atoms with Gasteiger partial charge in [-0.2, -0.15) is 0 Å². The Morgan fingerprint density at radius 2 is 1.95 bits per heavy atom. The van der Waals surface area contributed by atoms with Crippen molar-refractivity contribution in [3.8, 4) is 0 Å². The largest absolute Gasteiger partial charge is 0.469 e. The minimum atomic E-state index is -0.0346. The maximum Gasteiger partial charge on any atom is 0.305 e. The average Bonchev–Trinajstić information content (AvgIpc) is 3.13. The molecule has 3 saturated carbocycles. The number of rotatable bonds is 5. The van der Waals surface area contributed by atoms with Gasteiger partial charge in [-0.3, -0.25) is 4.79 Å². The van der Waals surface area contributed by atoms with Gasteiger partial charge in [-0.15, -0.1) is 0 Å². The summed E-state index contributed by atoms with van der Waals surface area (Å²) in [6, 6.07) is 0. The van der Waals surface area contributed by atoms with Gasteiger partial charge in [0.05, 0.1) is 7.11 Å². The van der Waals surface area contributed by atoms with Crippen LogP contribution in [0.2, 0.25) is 0 Å². The maximum atomic E-state index is 11.4. The van der Waals surface area contributed by atoms with Crippen LogP contribution in [0, 0.1) is 28.6 Å². The minimum absolute atomic E-state index is 0.0346. The maximum absolute atomic E-state index is 11.4. The van der Waals surface area contributed by atoms with Crippen molar-refractivity contribution in [2.45, 2.75) is 78.1 Å². The predicted octanol–water partition coefficient (Wildman–Crippen LogP) is 4.96. The van der Waals surface area contributed by atoms with Gasteiger partial charge in [0.15, 0.2) is 0 Å². The van der Waals surface area contributed by atoms with Gasteiger partial charge in [-0.1, -0.05) is 26.7 Å². The number of carbonyl (C=O) groups is 1. The molecule has 4 atom stereocenters. The molecule has 0 aliphatic heterocycles. The van der Waals surface area contributed by atoms with Crippen LogP contribution >= 0.6 is 0 Å². The Balaban J connectivity index is 1.65. The van der Waals surface area contributed by atoms with E-state index in [9.17, 15) is 4.79 Å². The van der Waals surface area contributed by atoms with Crippen molar-refractivity contribution in [2.75, 3.05) is 7.11 Å². The summed E-state index contributed by atoms with van der Waals surface area (Å²) in [6.07, 6.45) is 13.0. The molecule has 0 N–H and O–H groups in total. The molecule has 0 spiro atoms. The van der Waals surface area contributed by atoms with Gasteiger partial charge in [0.2, 0.25) is 0 Å². The van der Waals surface area contributed by atoms with E-state index >= 15 is 0 Å². The third-order valence-corrected chi connectivity index (χ3v) is 7.39. The van der Waals surface area contributed by atoms with Crippen LogP contribution in [-0.2, 0) is 9.53 Å². The lowest BCUT2D eigenvalue weighted by atomic mass is 9.58. The monoisotopic (exact) mass is 292 g/mol. The van der Waals surface area contributed by atoms with Crippen LogP contribution in [0.5, 0.6) is 0 Å². The fraction of sp³-hybridized carbons (Fsp3) is 0.947. The fourth-order valence-corrected chi connectivity index (χ4v) is 6.19. The number of hydrogen-bond donors (Lipinski definition) is 0. The molecule has 21 heavy (non-hydrogen) atoms. The second-order valence-corrected chi connectivity index (χ2v) is 8.40. The lowest BCUT2D eigenvalue weighted by Crippen LogP contribution is -2.39. The van der Waals surface area contributed by atoms with Crippen LogP contribution in [0.3, 0.4) is 0 Å². The highest BCUT2D eigenvalue weighted by Gasteiger charge is 2.60. The summed E-state index contributed by atoms with van der Waals surface area (Å²) in [6.45, 7) is 5.09.